The molecule has 5 nitrogen and oxygen atoms in total. The number of halogens is 9. The number of benzene rings is 3. The first-order valence-corrected chi connectivity index (χ1v) is 11.9. The number of hydrogen-bond acceptors (Lipinski definition) is 3. The zero-order chi connectivity index (χ0) is 30.4. The lowest BCUT2D eigenvalue weighted by atomic mass is 9.77. The van der Waals surface area contributed by atoms with Gasteiger partial charge in [0.05, 0.1) is 18.1 Å². The number of hydrogen-bond donors (Lipinski definition) is 3. The normalized spacial score (nSPS) is 14.3. The van der Waals surface area contributed by atoms with Crippen molar-refractivity contribution in [3.05, 3.63) is 101 Å². The van der Waals surface area contributed by atoms with E-state index in [-0.39, 0.29) is 17.5 Å². The lowest BCUT2D eigenvalue weighted by Gasteiger charge is -2.37. The Bertz CT molecular complexity index is 1310. The molecule has 0 fully saturated rings. The van der Waals surface area contributed by atoms with Gasteiger partial charge in [-0.3, -0.25) is 0 Å². The topological polar surface area (TPSA) is 70.6 Å². The van der Waals surface area contributed by atoms with Crippen LogP contribution in [0, 0.1) is 11.6 Å². The van der Waals surface area contributed by atoms with Crippen LogP contribution in [0.2, 0.25) is 0 Å². The standard InChI is InChI=1S/C27H23F9N2O3/c28-19-8-6-17(7-9-19)25(13-16-4-2-1-3-5-16,38-24(40)37-15-21(39)14-26(32,33)34)18-10-20(29)12-22(11-18)41-27(35,36)23(30)31/h1-12,21,23,39H,13-15H2,(H2,37,38,40)/t21?,25-/m1/s1. The molecule has 3 aromatic rings. The van der Waals surface area contributed by atoms with Gasteiger partial charge in [-0.25, -0.2) is 13.6 Å². The first kappa shape index (κ1) is 31.6. The van der Waals surface area contributed by atoms with Crippen LogP contribution in [-0.4, -0.2) is 42.5 Å². The summed E-state index contributed by atoms with van der Waals surface area (Å²) >= 11 is 0. The smallest absolute Gasteiger partial charge is 0.428 e. The van der Waals surface area contributed by atoms with Crippen LogP contribution in [0.4, 0.5) is 44.3 Å². The predicted molar refractivity (Wildman–Crippen MR) is 129 cm³/mol. The van der Waals surface area contributed by atoms with Crippen molar-refractivity contribution in [3.8, 4) is 5.75 Å². The fourth-order valence-electron chi connectivity index (χ4n) is 4.05. The van der Waals surface area contributed by atoms with Gasteiger partial charge in [0.2, 0.25) is 0 Å². The summed E-state index contributed by atoms with van der Waals surface area (Å²) in [5, 5.41) is 14.2. The van der Waals surface area contributed by atoms with Crippen molar-refractivity contribution >= 4 is 6.03 Å². The van der Waals surface area contributed by atoms with Gasteiger partial charge < -0.3 is 20.5 Å². The minimum atomic E-state index is -5.01. The lowest BCUT2D eigenvalue weighted by molar-refractivity contribution is -0.253. The zero-order valence-electron chi connectivity index (χ0n) is 20.9. The van der Waals surface area contributed by atoms with Crippen LogP contribution in [0.1, 0.15) is 23.1 Å². The molecule has 2 atom stereocenters. The van der Waals surface area contributed by atoms with Crippen LogP contribution < -0.4 is 15.4 Å². The summed E-state index contributed by atoms with van der Waals surface area (Å²) < 4.78 is 123. The van der Waals surface area contributed by atoms with Crippen LogP contribution in [0.25, 0.3) is 0 Å². The van der Waals surface area contributed by atoms with E-state index in [0.717, 1.165) is 24.3 Å². The molecule has 0 heterocycles. The van der Waals surface area contributed by atoms with E-state index in [1.807, 2.05) is 0 Å². The summed E-state index contributed by atoms with van der Waals surface area (Å²) in [5.74, 6) is -2.99. The maximum absolute atomic E-state index is 14.8. The third-order valence-electron chi connectivity index (χ3n) is 5.81. The van der Waals surface area contributed by atoms with Crippen molar-refractivity contribution in [2.24, 2.45) is 0 Å². The molecule has 0 aromatic heterocycles. The van der Waals surface area contributed by atoms with E-state index >= 15 is 0 Å². The van der Waals surface area contributed by atoms with Crippen LogP contribution in [-0.2, 0) is 12.0 Å². The monoisotopic (exact) mass is 594 g/mol. The fourth-order valence-corrected chi connectivity index (χ4v) is 4.05. The van der Waals surface area contributed by atoms with E-state index in [4.69, 9.17) is 0 Å². The molecule has 0 aliphatic heterocycles. The fraction of sp³-hybridized carbons (Fsp3) is 0.296. The molecule has 0 aliphatic carbocycles. The number of amides is 2. The third-order valence-corrected chi connectivity index (χ3v) is 5.81. The number of aliphatic hydroxyl groups excluding tert-OH is 1. The van der Waals surface area contributed by atoms with Gasteiger partial charge in [-0.2, -0.15) is 30.7 Å². The molecule has 222 valence electrons. The predicted octanol–water partition coefficient (Wildman–Crippen LogP) is 6.30. The molecule has 2 amide bonds. The van der Waals surface area contributed by atoms with E-state index in [9.17, 15) is 49.4 Å². The van der Waals surface area contributed by atoms with Gasteiger partial charge >= 0.3 is 24.7 Å². The van der Waals surface area contributed by atoms with Crippen LogP contribution in [0.5, 0.6) is 5.75 Å². The Morgan fingerprint density at radius 1 is 0.854 bits per heavy atom. The van der Waals surface area contributed by atoms with E-state index in [2.05, 4.69) is 15.4 Å². The highest BCUT2D eigenvalue weighted by Gasteiger charge is 2.45. The number of carbonyl (C=O) groups excluding carboxylic acids is 1. The Balaban J connectivity index is 2.13. The lowest BCUT2D eigenvalue weighted by Crippen LogP contribution is -2.53. The maximum atomic E-state index is 14.8. The first-order valence-electron chi connectivity index (χ1n) is 11.9. The largest absolute Gasteiger partial charge is 0.461 e. The highest BCUT2D eigenvalue weighted by molar-refractivity contribution is 5.76. The molecule has 0 aliphatic rings. The molecule has 0 saturated heterocycles. The van der Waals surface area contributed by atoms with Crippen molar-refractivity contribution in [3.63, 3.8) is 0 Å². The van der Waals surface area contributed by atoms with Crippen LogP contribution in [0.15, 0.2) is 72.8 Å². The maximum Gasteiger partial charge on any atom is 0.461 e. The number of rotatable bonds is 11. The second kappa shape index (κ2) is 12.7. The SMILES string of the molecule is O=C(NCC(O)CC(F)(F)F)N[C@](Cc1ccccc1)(c1ccc(F)cc1)c1cc(F)cc(OC(F)(F)C(F)F)c1. The van der Waals surface area contributed by atoms with Crippen molar-refractivity contribution < 1.29 is 54.2 Å². The van der Waals surface area contributed by atoms with Crippen LogP contribution in [0.3, 0.4) is 0 Å². The molecule has 1 unspecified atom stereocenters. The average Bonchev–Trinajstić information content (AvgIpc) is 2.86. The molecule has 14 heteroatoms. The first-order chi connectivity index (χ1) is 19.1. The number of carbonyl (C=O) groups is 1. The minimum absolute atomic E-state index is 0.0471. The third kappa shape index (κ3) is 8.77. The second-order valence-electron chi connectivity index (χ2n) is 9.02. The van der Waals surface area contributed by atoms with Crippen molar-refractivity contribution in [1.82, 2.24) is 10.6 Å². The summed E-state index contributed by atoms with van der Waals surface area (Å²) in [7, 11) is 0. The van der Waals surface area contributed by atoms with Gasteiger partial charge in [0, 0.05) is 19.0 Å². The summed E-state index contributed by atoms with van der Waals surface area (Å²) in [6, 6.07) is 13.1. The second-order valence-corrected chi connectivity index (χ2v) is 9.02. The van der Waals surface area contributed by atoms with Gasteiger partial charge in [-0.05, 0) is 41.0 Å². The number of alkyl halides is 7. The number of urea groups is 1. The molecular formula is C27H23F9N2O3. The van der Waals surface area contributed by atoms with Gasteiger partial charge in [0.1, 0.15) is 17.4 Å². The summed E-state index contributed by atoms with van der Waals surface area (Å²) in [6.07, 6.45) is -18.0. The van der Waals surface area contributed by atoms with Crippen molar-refractivity contribution in [2.45, 2.75) is 43.2 Å². The van der Waals surface area contributed by atoms with Crippen molar-refractivity contribution in [2.75, 3.05) is 6.54 Å². The molecule has 3 rings (SSSR count). The molecule has 0 saturated carbocycles. The van der Waals surface area contributed by atoms with Gasteiger partial charge in [-0.1, -0.05) is 42.5 Å². The van der Waals surface area contributed by atoms with Gasteiger partial charge in [-0.15, -0.1) is 0 Å². The number of nitrogens with one attached hydrogen (secondary N) is 2. The molecule has 3 N–H and O–H groups in total. The summed E-state index contributed by atoms with van der Waals surface area (Å²) in [5.41, 5.74) is -1.78. The zero-order valence-corrected chi connectivity index (χ0v) is 20.9. The molecule has 41 heavy (non-hydrogen) atoms. The number of ether oxygens (including phenoxy) is 1. The Kier molecular flexibility index (Phi) is 9.79. The van der Waals surface area contributed by atoms with Crippen molar-refractivity contribution in [1.29, 1.82) is 0 Å². The van der Waals surface area contributed by atoms with Crippen LogP contribution >= 0.6 is 0 Å². The van der Waals surface area contributed by atoms with E-state index in [0.29, 0.717) is 11.6 Å². The Morgan fingerprint density at radius 3 is 2.07 bits per heavy atom. The van der Waals surface area contributed by atoms with Gasteiger partial charge in [0.15, 0.2) is 0 Å². The minimum Gasteiger partial charge on any atom is -0.428 e. The van der Waals surface area contributed by atoms with E-state index < -0.39 is 66.7 Å². The van der Waals surface area contributed by atoms with E-state index in [1.165, 1.54) is 12.1 Å². The van der Waals surface area contributed by atoms with E-state index in [1.54, 1.807) is 30.3 Å². The number of aliphatic hydroxyl groups is 1. The Hall–Kier alpha value is -3.94. The molecular weight excluding hydrogens is 571 g/mol. The average molecular weight is 594 g/mol. The highest BCUT2D eigenvalue weighted by atomic mass is 19.4. The summed E-state index contributed by atoms with van der Waals surface area (Å²) in [4.78, 5) is 13.0. The Morgan fingerprint density at radius 2 is 1.49 bits per heavy atom. The summed E-state index contributed by atoms with van der Waals surface area (Å²) in [6.45, 7) is -0.867. The molecule has 3 aromatic carbocycles. The Labute approximate surface area is 227 Å². The quantitative estimate of drug-likeness (QED) is 0.228. The molecule has 0 radical (unpaired) electrons. The van der Waals surface area contributed by atoms with Gasteiger partial charge in [0.25, 0.3) is 0 Å². The highest BCUT2D eigenvalue weighted by Crippen LogP contribution is 2.38. The molecule has 0 bridgehead atoms. The molecule has 0 spiro atoms.